The van der Waals surface area contributed by atoms with E-state index in [1.54, 1.807) is 25.1 Å². The average molecular weight is 657 g/mol. The highest BCUT2D eigenvalue weighted by Gasteiger charge is 2.44. The number of nitrogens with zero attached hydrogens (tertiary/aromatic N) is 1. The Bertz CT molecular complexity index is 1610. The van der Waals surface area contributed by atoms with Gasteiger partial charge in [0.1, 0.15) is 12.4 Å². The van der Waals surface area contributed by atoms with Crippen molar-refractivity contribution in [1.29, 1.82) is 0 Å². The van der Waals surface area contributed by atoms with Crippen LogP contribution < -0.4 is 14.4 Å². The zero-order chi connectivity index (χ0) is 31.9. The molecule has 1 amide bonds. The number of carboxylic acid groups (broad SMARTS) is 1. The number of hydrogen-bond donors (Lipinski definition) is 2. The van der Waals surface area contributed by atoms with Crippen molar-refractivity contribution in [2.45, 2.75) is 69.1 Å². The van der Waals surface area contributed by atoms with Crippen LogP contribution in [-0.4, -0.2) is 63.1 Å². The van der Waals surface area contributed by atoms with E-state index in [2.05, 4.69) is 15.7 Å². The van der Waals surface area contributed by atoms with Crippen LogP contribution in [0.1, 0.15) is 67.4 Å². The summed E-state index contributed by atoms with van der Waals surface area (Å²) in [5.74, 6) is -1.04. The minimum atomic E-state index is -3.98. The van der Waals surface area contributed by atoms with Gasteiger partial charge in [-0.3, -0.25) is 4.79 Å². The van der Waals surface area contributed by atoms with Gasteiger partial charge >= 0.3 is 5.97 Å². The number of aryl methyl sites for hydroxylation is 1. The van der Waals surface area contributed by atoms with Crippen molar-refractivity contribution in [3.8, 4) is 5.75 Å². The third-order valence-electron chi connectivity index (χ3n) is 10.4. The van der Waals surface area contributed by atoms with Gasteiger partial charge in [-0.25, -0.2) is 17.9 Å². The second-order valence-corrected chi connectivity index (χ2v) is 15.8. The van der Waals surface area contributed by atoms with E-state index in [9.17, 15) is 23.1 Å². The van der Waals surface area contributed by atoms with E-state index in [4.69, 9.17) is 21.1 Å². The molecule has 0 saturated heterocycles. The monoisotopic (exact) mass is 656 g/mol. The molecular formula is C34H41ClN2O7S. The maximum absolute atomic E-state index is 13.4. The number of allylic oxidation sites excluding steroid dienone is 1. The number of rotatable bonds is 3. The van der Waals surface area contributed by atoms with E-state index in [1.807, 2.05) is 31.2 Å². The number of amides is 1. The average Bonchev–Trinajstić information content (AvgIpc) is 3.13. The number of ether oxygens (including phenoxy) is 2. The third-order valence-corrected chi connectivity index (χ3v) is 12.6. The second kappa shape index (κ2) is 12.6. The maximum atomic E-state index is 13.4. The Morgan fingerprint density at radius 3 is 2.78 bits per heavy atom. The summed E-state index contributed by atoms with van der Waals surface area (Å²) in [7, 11) is -3.98. The van der Waals surface area contributed by atoms with Gasteiger partial charge in [-0.1, -0.05) is 36.7 Å². The van der Waals surface area contributed by atoms with Crippen LogP contribution >= 0.6 is 11.6 Å². The molecule has 1 saturated carbocycles. The van der Waals surface area contributed by atoms with Crippen LogP contribution in [0.3, 0.4) is 0 Å². The first-order valence-corrected chi connectivity index (χ1v) is 17.7. The highest BCUT2D eigenvalue weighted by atomic mass is 35.5. The minimum Gasteiger partial charge on any atom is -0.490 e. The summed E-state index contributed by atoms with van der Waals surface area (Å²) in [6, 6.07) is 11.2. The van der Waals surface area contributed by atoms with Crippen molar-refractivity contribution < 1.29 is 32.6 Å². The third kappa shape index (κ3) is 6.46. The maximum Gasteiger partial charge on any atom is 0.329 e. The van der Waals surface area contributed by atoms with Crippen LogP contribution in [0.25, 0.3) is 0 Å². The summed E-state index contributed by atoms with van der Waals surface area (Å²) in [5.41, 5.74) is 3.13. The summed E-state index contributed by atoms with van der Waals surface area (Å²) >= 11 is 6.40. The van der Waals surface area contributed by atoms with Crippen molar-refractivity contribution in [1.82, 2.24) is 4.72 Å². The van der Waals surface area contributed by atoms with Crippen LogP contribution in [0.15, 0.2) is 48.6 Å². The number of hydrogen-bond acceptors (Lipinski definition) is 7. The number of carboxylic acids is 1. The second-order valence-electron chi connectivity index (χ2n) is 13.3. The first-order chi connectivity index (χ1) is 21.5. The van der Waals surface area contributed by atoms with Crippen LogP contribution in [0.4, 0.5) is 5.69 Å². The largest absolute Gasteiger partial charge is 0.490 e. The Hall–Kier alpha value is -3.08. The number of carbonyl (C=O) groups is 2. The van der Waals surface area contributed by atoms with E-state index >= 15 is 0 Å². The Labute approximate surface area is 270 Å². The Kier molecular flexibility index (Phi) is 8.93. The number of nitrogens with one attached hydrogen (secondary N) is 1. The lowest BCUT2D eigenvalue weighted by molar-refractivity contribution is -0.145. The van der Waals surface area contributed by atoms with Gasteiger partial charge in [0, 0.05) is 29.1 Å². The first kappa shape index (κ1) is 31.9. The molecular weight excluding hydrogens is 616 g/mol. The summed E-state index contributed by atoms with van der Waals surface area (Å²) in [6.07, 6.45) is 8.54. The molecule has 2 aromatic carbocycles. The van der Waals surface area contributed by atoms with Gasteiger partial charge in [-0.05, 0) is 105 Å². The fourth-order valence-corrected chi connectivity index (χ4v) is 8.97. The fourth-order valence-electron chi connectivity index (χ4n) is 7.49. The van der Waals surface area contributed by atoms with E-state index in [1.165, 1.54) is 11.1 Å². The molecule has 242 valence electrons. The standard InChI is InChI=1S/C34H41ClN2O7S/c1-21-5-3-7-30(43-18-32(38)39)27-11-8-25(27)17-37-19-34(14-4-6-23-15-26(35)10-12-28(23)34)20-44-31-13-9-24(16-29(31)37)33(40)36-45(41,42)22(21)2/h3,7,9-10,12-13,15-16,21-22,25,27,30H,4-6,8,11,14,17-20H2,1-2H3,(H,36,40)(H,38,39)/b7-3+/t21-,22-,25-,27+,30-,34-/m0/s1. The van der Waals surface area contributed by atoms with Crippen LogP contribution in [-0.2, 0) is 31.4 Å². The topological polar surface area (TPSA) is 122 Å². The molecule has 1 fully saturated rings. The minimum absolute atomic E-state index is 0.0949. The van der Waals surface area contributed by atoms with Gasteiger partial charge in [-0.2, -0.15) is 0 Å². The lowest BCUT2D eigenvalue weighted by atomic mass is 9.68. The van der Waals surface area contributed by atoms with Gasteiger partial charge < -0.3 is 19.5 Å². The smallest absolute Gasteiger partial charge is 0.329 e. The van der Waals surface area contributed by atoms with Gasteiger partial charge in [0.15, 0.2) is 0 Å². The predicted molar refractivity (Wildman–Crippen MR) is 173 cm³/mol. The molecule has 0 radical (unpaired) electrons. The molecule has 0 aromatic heterocycles. The fraction of sp³-hybridized carbons (Fsp3) is 0.529. The lowest BCUT2D eigenvalue weighted by Crippen LogP contribution is -2.49. The molecule has 2 N–H and O–H groups in total. The van der Waals surface area contributed by atoms with Crippen molar-refractivity contribution in [3.63, 3.8) is 0 Å². The zero-order valence-electron chi connectivity index (χ0n) is 25.7. The zero-order valence-corrected chi connectivity index (χ0v) is 27.3. The molecule has 2 bridgehead atoms. The first-order valence-electron chi connectivity index (χ1n) is 15.8. The molecule has 0 unspecified atom stereocenters. The normalized spacial score (nSPS) is 31.8. The summed E-state index contributed by atoms with van der Waals surface area (Å²) in [5, 5.41) is 9.26. The Morgan fingerprint density at radius 1 is 1.20 bits per heavy atom. The van der Waals surface area contributed by atoms with Gasteiger partial charge in [0.25, 0.3) is 5.91 Å². The summed E-state index contributed by atoms with van der Waals surface area (Å²) in [6.45, 7) is 4.78. The van der Waals surface area contributed by atoms with E-state index < -0.39 is 39.9 Å². The molecule has 1 spiro atoms. The van der Waals surface area contributed by atoms with E-state index in [0.717, 1.165) is 37.8 Å². The van der Waals surface area contributed by atoms with Gasteiger partial charge in [-0.15, -0.1) is 0 Å². The molecule has 45 heavy (non-hydrogen) atoms. The van der Waals surface area contributed by atoms with Crippen LogP contribution in [0, 0.1) is 17.8 Å². The Balaban J connectivity index is 1.42. The number of fused-ring (bicyclic) bond motifs is 4. The molecule has 2 heterocycles. The highest BCUT2D eigenvalue weighted by Crippen LogP contribution is 2.47. The molecule has 11 heteroatoms. The molecule has 6 atom stereocenters. The van der Waals surface area contributed by atoms with Crippen LogP contribution in [0.2, 0.25) is 5.02 Å². The number of sulfonamides is 1. The number of anilines is 1. The van der Waals surface area contributed by atoms with Crippen molar-refractivity contribution in [2.24, 2.45) is 17.8 Å². The number of aliphatic carboxylic acids is 1. The SMILES string of the molecule is C[C@H]1C/C=C/[C@H](OCC(=O)O)[C@@H]2CC[C@H]2CN2C[C@@]3(CCCc4cc(Cl)ccc43)COc3ccc(cc32)C(=O)NS(=O)(=O)[C@H]1C. The molecule has 2 aliphatic heterocycles. The quantitative estimate of drug-likeness (QED) is 0.424. The van der Waals surface area contributed by atoms with E-state index in [-0.39, 0.29) is 28.7 Å². The lowest BCUT2D eigenvalue weighted by Gasteiger charge is -2.46. The molecule has 9 nitrogen and oxygen atoms in total. The molecule has 6 rings (SSSR count). The number of halogens is 1. The van der Waals surface area contributed by atoms with Crippen molar-refractivity contribution in [3.05, 3.63) is 70.3 Å². The van der Waals surface area contributed by atoms with Gasteiger partial charge in [0.05, 0.1) is 23.6 Å². The molecule has 4 aliphatic rings. The summed E-state index contributed by atoms with van der Waals surface area (Å²) < 4.78 is 41.3. The predicted octanol–water partition coefficient (Wildman–Crippen LogP) is 5.35. The Morgan fingerprint density at radius 2 is 2.02 bits per heavy atom. The molecule has 2 aromatic rings. The van der Waals surface area contributed by atoms with Crippen LogP contribution in [0.5, 0.6) is 5.75 Å². The number of benzene rings is 2. The molecule has 2 aliphatic carbocycles. The van der Waals surface area contributed by atoms with Crippen molar-refractivity contribution in [2.75, 3.05) is 31.2 Å². The summed E-state index contributed by atoms with van der Waals surface area (Å²) in [4.78, 5) is 27.2. The number of carbonyl (C=O) groups excluding carboxylic acids is 1. The van der Waals surface area contributed by atoms with Gasteiger partial charge in [0.2, 0.25) is 10.0 Å². The highest BCUT2D eigenvalue weighted by molar-refractivity contribution is 7.90. The van der Waals surface area contributed by atoms with Crippen molar-refractivity contribution >= 4 is 39.2 Å². The van der Waals surface area contributed by atoms with E-state index in [0.29, 0.717) is 36.9 Å².